The normalized spacial score (nSPS) is 11.3. The highest BCUT2D eigenvalue weighted by atomic mass is 19.1. The van der Waals surface area contributed by atoms with Gasteiger partial charge in [-0.2, -0.15) is 5.10 Å². The lowest BCUT2D eigenvalue weighted by atomic mass is 10.1. The molecule has 2 N–H and O–H groups in total. The van der Waals surface area contributed by atoms with Gasteiger partial charge >= 0.3 is 0 Å². The molecule has 2 rings (SSSR count). The zero-order valence-electron chi connectivity index (χ0n) is 11.8. The topological polar surface area (TPSA) is 92.3 Å². The van der Waals surface area contributed by atoms with E-state index in [2.05, 4.69) is 25.7 Å². The van der Waals surface area contributed by atoms with Crippen LogP contribution in [-0.4, -0.2) is 28.0 Å². The number of hydrogen-bond acceptors (Lipinski definition) is 6. The standard InChI is InChI=1S/C13H14FN5O2/c1-7(9-4-5-11(21-3)10(14)6-9)16-18-13-15-12(20)8(2)17-19-13/h4-6H,1-3H3,(H2,15,18,19,20)/b16-7-. The first-order valence-electron chi connectivity index (χ1n) is 6.09. The Bertz CT molecular complexity index is 742. The number of H-pyrrole nitrogens is 1. The third kappa shape index (κ3) is 3.41. The second kappa shape index (κ2) is 6.12. The van der Waals surface area contributed by atoms with Crippen LogP contribution in [0.15, 0.2) is 28.1 Å². The molecule has 0 saturated heterocycles. The van der Waals surface area contributed by atoms with Crippen LogP contribution in [0.3, 0.4) is 0 Å². The van der Waals surface area contributed by atoms with Crippen LogP contribution in [0.4, 0.5) is 10.3 Å². The van der Waals surface area contributed by atoms with Gasteiger partial charge in [0, 0.05) is 5.56 Å². The molecule has 0 atom stereocenters. The summed E-state index contributed by atoms with van der Waals surface area (Å²) in [5.41, 5.74) is 3.56. The van der Waals surface area contributed by atoms with Crippen molar-refractivity contribution in [3.63, 3.8) is 0 Å². The summed E-state index contributed by atoms with van der Waals surface area (Å²) in [7, 11) is 1.40. The number of hydrazone groups is 1. The first kappa shape index (κ1) is 14.6. The zero-order chi connectivity index (χ0) is 15.4. The minimum absolute atomic E-state index is 0.110. The number of benzene rings is 1. The monoisotopic (exact) mass is 291 g/mol. The summed E-state index contributed by atoms with van der Waals surface area (Å²) in [4.78, 5) is 13.8. The highest BCUT2D eigenvalue weighted by Gasteiger charge is 2.06. The summed E-state index contributed by atoms with van der Waals surface area (Å²) in [6.45, 7) is 3.23. The first-order valence-corrected chi connectivity index (χ1v) is 6.09. The average molecular weight is 291 g/mol. The van der Waals surface area contributed by atoms with Gasteiger partial charge in [0.2, 0.25) is 5.95 Å². The van der Waals surface area contributed by atoms with Crippen molar-refractivity contribution in [3.05, 3.63) is 45.6 Å². The number of ether oxygens (including phenoxy) is 1. The van der Waals surface area contributed by atoms with E-state index in [1.165, 1.54) is 19.2 Å². The highest BCUT2D eigenvalue weighted by Crippen LogP contribution is 2.18. The Kier molecular flexibility index (Phi) is 4.27. The Labute approximate surface area is 119 Å². The summed E-state index contributed by atoms with van der Waals surface area (Å²) in [6.07, 6.45) is 0. The largest absolute Gasteiger partial charge is 0.494 e. The molecule has 0 fully saturated rings. The van der Waals surface area contributed by atoms with Crippen molar-refractivity contribution in [2.75, 3.05) is 12.5 Å². The quantitative estimate of drug-likeness (QED) is 0.657. The number of aromatic amines is 1. The maximum atomic E-state index is 13.6. The van der Waals surface area contributed by atoms with Crippen LogP contribution in [0.2, 0.25) is 0 Å². The third-order valence-electron chi connectivity index (χ3n) is 2.76. The molecule has 2 aromatic rings. The molecule has 0 saturated carbocycles. The van der Waals surface area contributed by atoms with Gasteiger partial charge in [0.05, 0.1) is 12.8 Å². The van der Waals surface area contributed by atoms with Crippen LogP contribution in [0.5, 0.6) is 5.75 Å². The molecule has 21 heavy (non-hydrogen) atoms. The van der Waals surface area contributed by atoms with Crippen molar-refractivity contribution >= 4 is 11.7 Å². The van der Waals surface area contributed by atoms with Crippen LogP contribution in [0.25, 0.3) is 0 Å². The Morgan fingerprint density at radius 1 is 1.43 bits per heavy atom. The minimum atomic E-state index is -0.479. The number of nitrogens with zero attached hydrogens (tertiary/aromatic N) is 3. The molecule has 0 spiro atoms. The number of methoxy groups -OCH3 is 1. The number of rotatable bonds is 4. The summed E-state index contributed by atoms with van der Waals surface area (Å²) in [5, 5.41) is 11.4. The second-order valence-corrected chi connectivity index (χ2v) is 4.25. The molecule has 1 aromatic carbocycles. The molecule has 8 heteroatoms. The van der Waals surface area contributed by atoms with Crippen molar-refractivity contribution in [3.8, 4) is 5.75 Å². The zero-order valence-corrected chi connectivity index (χ0v) is 11.8. The lowest BCUT2D eigenvalue weighted by molar-refractivity contribution is 0.386. The average Bonchev–Trinajstić information content (AvgIpc) is 2.48. The van der Waals surface area contributed by atoms with Crippen LogP contribution in [0, 0.1) is 12.7 Å². The molecule has 0 bridgehead atoms. The molecule has 0 aliphatic carbocycles. The van der Waals surface area contributed by atoms with Gasteiger partial charge in [0.1, 0.15) is 5.69 Å². The minimum Gasteiger partial charge on any atom is -0.494 e. The van der Waals surface area contributed by atoms with Crippen molar-refractivity contribution in [1.82, 2.24) is 15.2 Å². The maximum Gasteiger partial charge on any atom is 0.274 e. The molecule has 110 valence electrons. The fourth-order valence-electron chi connectivity index (χ4n) is 1.54. The lowest BCUT2D eigenvalue weighted by Gasteiger charge is -2.05. The van der Waals surface area contributed by atoms with E-state index < -0.39 is 5.82 Å². The van der Waals surface area contributed by atoms with E-state index in [-0.39, 0.29) is 23.0 Å². The van der Waals surface area contributed by atoms with E-state index in [0.29, 0.717) is 11.3 Å². The predicted octanol–water partition coefficient (Wildman–Crippen LogP) is 1.46. The smallest absolute Gasteiger partial charge is 0.274 e. The van der Waals surface area contributed by atoms with E-state index in [1.807, 2.05) is 0 Å². The van der Waals surface area contributed by atoms with Crippen molar-refractivity contribution in [1.29, 1.82) is 0 Å². The molecular weight excluding hydrogens is 277 g/mol. The lowest BCUT2D eigenvalue weighted by Crippen LogP contribution is -2.16. The van der Waals surface area contributed by atoms with Crippen LogP contribution < -0.4 is 15.7 Å². The number of hydrogen-bond donors (Lipinski definition) is 2. The Morgan fingerprint density at radius 2 is 2.19 bits per heavy atom. The van der Waals surface area contributed by atoms with Crippen LogP contribution >= 0.6 is 0 Å². The molecule has 0 aliphatic rings. The summed E-state index contributed by atoms with van der Waals surface area (Å²) >= 11 is 0. The van der Waals surface area contributed by atoms with Gasteiger partial charge in [-0.25, -0.2) is 9.82 Å². The van der Waals surface area contributed by atoms with E-state index in [0.717, 1.165) is 0 Å². The van der Waals surface area contributed by atoms with E-state index in [4.69, 9.17) is 4.74 Å². The number of nitrogens with one attached hydrogen (secondary N) is 2. The van der Waals surface area contributed by atoms with Crippen LogP contribution in [0.1, 0.15) is 18.2 Å². The molecule has 1 aromatic heterocycles. The molecular formula is C13H14FN5O2. The second-order valence-electron chi connectivity index (χ2n) is 4.25. The van der Waals surface area contributed by atoms with Gasteiger partial charge in [0.15, 0.2) is 11.6 Å². The van der Waals surface area contributed by atoms with Gasteiger partial charge in [0.25, 0.3) is 5.56 Å². The summed E-state index contributed by atoms with van der Waals surface area (Å²) < 4.78 is 18.4. The summed E-state index contributed by atoms with van der Waals surface area (Å²) in [6, 6.07) is 4.49. The van der Waals surface area contributed by atoms with Crippen LogP contribution in [-0.2, 0) is 0 Å². The van der Waals surface area contributed by atoms with E-state index >= 15 is 0 Å². The maximum absolute atomic E-state index is 13.6. The SMILES string of the molecule is COc1ccc(/C(C)=N\Nc2nnc(C)c(=O)[nH]2)cc1F. The fourth-order valence-corrected chi connectivity index (χ4v) is 1.54. The number of halogens is 1. The molecule has 0 unspecified atom stereocenters. The van der Waals surface area contributed by atoms with Gasteiger partial charge in [-0.05, 0) is 32.0 Å². The van der Waals surface area contributed by atoms with Gasteiger partial charge in [-0.3, -0.25) is 9.78 Å². The summed E-state index contributed by atoms with van der Waals surface area (Å²) in [5.74, 6) is -0.208. The number of anilines is 1. The van der Waals surface area contributed by atoms with Gasteiger partial charge < -0.3 is 4.74 Å². The predicted molar refractivity (Wildman–Crippen MR) is 76.2 cm³/mol. The molecule has 0 aliphatic heterocycles. The molecule has 7 nitrogen and oxygen atoms in total. The van der Waals surface area contributed by atoms with Crippen molar-refractivity contribution < 1.29 is 9.13 Å². The third-order valence-corrected chi connectivity index (χ3v) is 2.76. The highest BCUT2D eigenvalue weighted by molar-refractivity contribution is 5.99. The molecule has 0 amide bonds. The molecule has 0 radical (unpaired) electrons. The Balaban J connectivity index is 2.19. The molecule has 1 heterocycles. The fraction of sp³-hybridized carbons (Fsp3) is 0.231. The van der Waals surface area contributed by atoms with Gasteiger partial charge in [-0.1, -0.05) is 0 Å². The van der Waals surface area contributed by atoms with Crippen molar-refractivity contribution in [2.45, 2.75) is 13.8 Å². The number of aryl methyl sites for hydroxylation is 1. The van der Waals surface area contributed by atoms with E-state index in [1.54, 1.807) is 19.9 Å². The first-order chi connectivity index (χ1) is 10.0. The van der Waals surface area contributed by atoms with Crippen molar-refractivity contribution in [2.24, 2.45) is 5.10 Å². The Hall–Kier alpha value is -2.77. The van der Waals surface area contributed by atoms with Gasteiger partial charge in [-0.15, -0.1) is 10.2 Å². The van der Waals surface area contributed by atoms with E-state index in [9.17, 15) is 9.18 Å². The Morgan fingerprint density at radius 3 is 2.81 bits per heavy atom. The number of aromatic nitrogens is 3.